The fourth-order valence-electron chi connectivity index (χ4n) is 2.48. The molecule has 4 heteroatoms. The summed E-state index contributed by atoms with van der Waals surface area (Å²) in [6.07, 6.45) is 2.22. The van der Waals surface area contributed by atoms with Crippen LogP contribution in [0.5, 0.6) is 0 Å². The minimum Gasteiger partial charge on any atom is -0.331 e. The van der Waals surface area contributed by atoms with Crippen LogP contribution in [0.2, 0.25) is 0 Å². The van der Waals surface area contributed by atoms with E-state index in [2.05, 4.69) is 73.7 Å². The monoisotopic (exact) mass is 305 g/mol. The molecule has 0 radical (unpaired) electrons. The molecule has 1 aromatic heterocycles. The molecule has 1 heterocycles. The Labute approximate surface area is 132 Å². The number of imidazole rings is 1. The smallest absolute Gasteiger partial charge is 0.111 e. The fraction of sp³-hybridized carbons (Fsp3) is 0.588. The van der Waals surface area contributed by atoms with Gasteiger partial charge in [-0.3, -0.25) is 0 Å². The molecule has 2 unspecified atom stereocenters. The molecular weight excluding hydrogens is 278 g/mol. The second-order valence-corrected chi connectivity index (χ2v) is 7.06. The Bertz CT molecular complexity index is 564. The second kappa shape index (κ2) is 7.85. The topological polar surface area (TPSA) is 29.9 Å². The Morgan fingerprint density at radius 1 is 1.29 bits per heavy atom. The van der Waals surface area contributed by atoms with Crippen molar-refractivity contribution in [3.8, 4) is 0 Å². The summed E-state index contributed by atoms with van der Waals surface area (Å²) >= 11 is 2.06. The third kappa shape index (κ3) is 4.24. The molecule has 2 aromatic rings. The van der Waals surface area contributed by atoms with Crippen LogP contribution in [-0.4, -0.2) is 33.1 Å². The van der Waals surface area contributed by atoms with Crippen LogP contribution in [0.3, 0.4) is 0 Å². The first-order valence-electron chi connectivity index (χ1n) is 7.91. The maximum Gasteiger partial charge on any atom is 0.111 e. The summed E-state index contributed by atoms with van der Waals surface area (Å²) in [6.45, 7) is 7.75. The van der Waals surface area contributed by atoms with E-state index in [1.165, 1.54) is 17.8 Å². The number of para-hydroxylation sites is 2. The molecule has 0 aliphatic heterocycles. The molecule has 3 nitrogen and oxygen atoms in total. The first kappa shape index (κ1) is 16.4. The number of aromatic nitrogens is 2. The van der Waals surface area contributed by atoms with E-state index in [9.17, 15) is 0 Å². The van der Waals surface area contributed by atoms with Crippen molar-refractivity contribution in [3.63, 3.8) is 0 Å². The van der Waals surface area contributed by atoms with Gasteiger partial charge in [0, 0.05) is 30.5 Å². The van der Waals surface area contributed by atoms with Crippen LogP contribution in [0, 0.1) is 0 Å². The van der Waals surface area contributed by atoms with E-state index in [-0.39, 0.29) is 0 Å². The van der Waals surface area contributed by atoms with Crippen LogP contribution in [-0.2, 0) is 13.5 Å². The summed E-state index contributed by atoms with van der Waals surface area (Å²) in [7, 11) is 2.12. The number of aryl methyl sites for hydroxylation is 1. The first-order chi connectivity index (χ1) is 10.2. The number of thioether (sulfide) groups is 1. The molecule has 2 rings (SSSR count). The van der Waals surface area contributed by atoms with Gasteiger partial charge in [0.2, 0.25) is 0 Å². The van der Waals surface area contributed by atoms with Crippen LogP contribution in [0.1, 0.15) is 33.0 Å². The molecule has 0 aliphatic carbocycles. The molecule has 116 valence electrons. The van der Waals surface area contributed by atoms with E-state index < -0.39 is 0 Å². The molecule has 0 bridgehead atoms. The minimum absolute atomic E-state index is 0.490. The van der Waals surface area contributed by atoms with Crippen molar-refractivity contribution in [2.24, 2.45) is 7.05 Å². The third-order valence-electron chi connectivity index (χ3n) is 3.96. The lowest BCUT2D eigenvalue weighted by Crippen LogP contribution is -2.34. The zero-order chi connectivity index (χ0) is 15.2. The van der Waals surface area contributed by atoms with Gasteiger partial charge in [-0.25, -0.2) is 4.98 Å². The van der Waals surface area contributed by atoms with E-state index in [1.807, 2.05) is 0 Å². The molecule has 0 spiro atoms. The van der Waals surface area contributed by atoms with E-state index in [1.54, 1.807) is 0 Å². The highest BCUT2D eigenvalue weighted by Gasteiger charge is 2.15. The van der Waals surface area contributed by atoms with E-state index in [0.717, 1.165) is 29.5 Å². The van der Waals surface area contributed by atoms with Gasteiger partial charge in [-0.2, -0.15) is 11.8 Å². The summed E-state index contributed by atoms with van der Waals surface area (Å²) in [5, 5.41) is 4.34. The average Bonchev–Trinajstić information content (AvgIpc) is 2.81. The molecule has 0 saturated heterocycles. The Kier molecular flexibility index (Phi) is 6.12. The largest absolute Gasteiger partial charge is 0.331 e. The van der Waals surface area contributed by atoms with Gasteiger partial charge < -0.3 is 9.88 Å². The number of fused-ring (bicyclic) bond motifs is 1. The van der Waals surface area contributed by atoms with Gasteiger partial charge in [0.15, 0.2) is 0 Å². The normalized spacial score (nSPS) is 14.5. The second-order valence-electron chi connectivity index (χ2n) is 5.59. The van der Waals surface area contributed by atoms with Gasteiger partial charge in [0.05, 0.1) is 11.0 Å². The lowest BCUT2D eigenvalue weighted by atomic mass is 10.2. The Balaban J connectivity index is 2.09. The zero-order valence-electron chi connectivity index (χ0n) is 13.6. The predicted molar refractivity (Wildman–Crippen MR) is 94.1 cm³/mol. The van der Waals surface area contributed by atoms with Gasteiger partial charge in [0.1, 0.15) is 5.82 Å². The third-order valence-corrected chi connectivity index (χ3v) is 5.46. The number of hydrogen-bond donors (Lipinski definition) is 1. The molecule has 21 heavy (non-hydrogen) atoms. The Hall–Kier alpha value is -1.00. The maximum absolute atomic E-state index is 4.80. The lowest BCUT2D eigenvalue weighted by molar-refractivity contribution is 0.551. The van der Waals surface area contributed by atoms with Crippen molar-refractivity contribution >= 4 is 22.8 Å². The Morgan fingerprint density at radius 3 is 2.71 bits per heavy atom. The van der Waals surface area contributed by atoms with Gasteiger partial charge in [-0.1, -0.05) is 32.9 Å². The number of benzene rings is 1. The van der Waals surface area contributed by atoms with Crippen molar-refractivity contribution in [2.45, 2.75) is 44.9 Å². The summed E-state index contributed by atoms with van der Waals surface area (Å²) in [6, 6.07) is 8.86. The number of hydrogen-bond acceptors (Lipinski definition) is 3. The number of rotatable bonds is 8. The first-order valence-corrected chi connectivity index (χ1v) is 8.95. The molecule has 0 saturated carbocycles. The molecule has 2 atom stereocenters. The quantitative estimate of drug-likeness (QED) is 0.808. The Morgan fingerprint density at radius 2 is 2.05 bits per heavy atom. The fourth-order valence-corrected chi connectivity index (χ4v) is 3.51. The zero-order valence-corrected chi connectivity index (χ0v) is 14.4. The van der Waals surface area contributed by atoms with Crippen molar-refractivity contribution in [1.82, 2.24) is 14.9 Å². The summed E-state index contributed by atoms with van der Waals surface area (Å²) < 4.78 is 2.23. The molecule has 1 N–H and O–H groups in total. The van der Waals surface area contributed by atoms with Crippen molar-refractivity contribution < 1.29 is 0 Å². The molecular formula is C17H27N3S. The predicted octanol–water partition coefficient (Wildman–Crippen LogP) is 3.63. The van der Waals surface area contributed by atoms with Crippen molar-refractivity contribution in [1.29, 1.82) is 0 Å². The highest BCUT2D eigenvalue weighted by atomic mass is 32.2. The van der Waals surface area contributed by atoms with Gasteiger partial charge in [0.25, 0.3) is 0 Å². The highest BCUT2D eigenvalue weighted by Crippen LogP contribution is 2.19. The SMILES string of the molecule is CCNC(CSC(C)CC)Cc1nc2ccccc2n1C. The molecule has 0 fully saturated rings. The molecule has 0 aliphatic rings. The lowest BCUT2D eigenvalue weighted by Gasteiger charge is -2.19. The van der Waals surface area contributed by atoms with Crippen LogP contribution in [0.25, 0.3) is 11.0 Å². The summed E-state index contributed by atoms with van der Waals surface area (Å²) in [5.74, 6) is 2.32. The highest BCUT2D eigenvalue weighted by molar-refractivity contribution is 7.99. The van der Waals surface area contributed by atoms with E-state index in [4.69, 9.17) is 4.98 Å². The van der Waals surface area contributed by atoms with Crippen LogP contribution in [0.4, 0.5) is 0 Å². The van der Waals surface area contributed by atoms with E-state index in [0.29, 0.717) is 6.04 Å². The van der Waals surface area contributed by atoms with Crippen LogP contribution in [0.15, 0.2) is 24.3 Å². The van der Waals surface area contributed by atoms with Crippen molar-refractivity contribution in [3.05, 3.63) is 30.1 Å². The molecule has 0 amide bonds. The standard InChI is InChI=1S/C17H27N3S/c1-5-13(3)21-12-14(18-6-2)11-17-19-15-9-7-8-10-16(15)20(17)4/h7-10,13-14,18H,5-6,11-12H2,1-4H3. The summed E-state index contributed by atoms with van der Waals surface area (Å²) in [5.41, 5.74) is 2.32. The average molecular weight is 305 g/mol. The molecule has 1 aromatic carbocycles. The van der Waals surface area contributed by atoms with Crippen LogP contribution < -0.4 is 5.32 Å². The summed E-state index contributed by atoms with van der Waals surface area (Å²) in [4.78, 5) is 4.80. The number of likely N-dealkylation sites (N-methyl/N-ethyl adjacent to an activating group) is 1. The number of nitrogens with one attached hydrogen (secondary N) is 1. The van der Waals surface area contributed by atoms with E-state index >= 15 is 0 Å². The number of nitrogens with zero attached hydrogens (tertiary/aromatic N) is 2. The van der Waals surface area contributed by atoms with Gasteiger partial charge in [-0.05, 0) is 25.1 Å². The maximum atomic E-state index is 4.80. The minimum atomic E-state index is 0.490. The van der Waals surface area contributed by atoms with Gasteiger partial charge in [-0.15, -0.1) is 0 Å². The van der Waals surface area contributed by atoms with Gasteiger partial charge >= 0.3 is 0 Å². The van der Waals surface area contributed by atoms with Crippen LogP contribution >= 0.6 is 11.8 Å². The van der Waals surface area contributed by atoms with Crippen molar-refractivity contribution in [2.75, 3.05) is 12.3 Å².